The summed E-state index contributed by atoms with van der Waals surface area (Å²) >= 11 is 0. The monoisotopic (exact) mass is 419 g/mol. The number of hydrogen-bond donors (Lipinski definition) is 1. The second-order valence-electron chi connectivity index (χ2n) is 6.55. The molecule has 0 unspecified atom stereocenters. The molecule has 0 bridgehead atoms. The van der Waals surface area contributed by atoms with Gasteiger partial charge in [-0.25, -0.2) is 13.2 Å². The molecule has 29 heavy (non-hydrogen) atoms. The van der Waals surface area contributed by atoms with Gasteiger partial charge in [-0.2, -0.15) is 5.10 Å². The van der Waals surface area contributed by atoms with Crippen LogP contribution in [0.2, 0.25) is 0 Å². The van der Waals surface area contributed by atoms with Crippen molar-refractivity contribution in [1.82, 2.24) is 19.4 Å². The van der Waals surface area contributed by atoms with Crippen molar-refractivity contribution >= 4 is 26.8 Å². The number of sulfonamides is 1. The molecule has 1 aromatic carbocycles. The van der Waals surface area contributed by atoms with Crippen LogP contribution in [0.5, 0.6) is 0 Å². The summed E-state index contributed by atoms with van der Waals surface area (Å²) in [6, 6.07) is 5.04. The predicted molar refractivity (Wildman–Crippen MR) is 109 cm³/mol. The average molecular weight is 419 g/mol. The smallest absolute Gasteiger partial charge is 0.305 e. The molecule has 0 aliphatic carbocycles. The molecule has 154 valence electrons. The Hall–Kier alpha value is -3.21. The number of nitrogens with one attached hydrogen (secondary N) is 1. The molecular formula is C18H21N5O5S. The number of carbonyl (C=O) groups excluding carboxylic acids is 1. The first-order chi connectivity index (χ1) is 13.6. The second kappa shape index (κ2) is 7.32. The van der Waals surface area contributed by atoms with Gasteiger partial charge in [-0.3, -0.25) is 14.3 Å². The van der Waals surface area contributed by atoms with Gasteiger partial charge >= 0.3 is 5.69 Å². The summed E-state index contributed by atoms with van der Waals surface area (Å²) in [5.41, 5.74) is 0.705. The van der Waals surface area contributed by atoms with E-state index in [-0.39, 0.29) is 21.7 Å². The van der Waals surface area contributed by atoms with E-state index in [2.05, 4.69) is 10.1 Å². The van der Waals surface area contributed by atoms with Gasteiger partial charge in [0.1, 0.15) is 0 Å². The summed E-state index contributed by atoms with van der Waals surface area (Å²) in [6.45, 7) is 3.38. The number of aromatic nitrogens is 4. The van der Waals surface area contributed by atoms with E-state index in [0.717, 1.165) is 23.1 Å². The molecule has 0 atom stereocenters. The Kier molecular flexibility index (Phi) is 5.18. The van der Waals surface area contributed by atoms with Crippen LogP contribution in [0.25, 0.3) is 22.2 Å². The lowest BCUT2D eigenvalue weighted by atomic mass is 10.00. The lowest BCUT2D eigenvalue weighted by Crippen LogP contribution is -2.55. The highest BCUT2D eigenvalue weighted by Gasteiger charge is 2.28. The zero-order valence-corrected chi connectivity index (χ0v) is 17.3. The number of benzene rings is 1. The zero-order valence-electron chi connectivity index (χ0n) is 16.5. The van der Waals surface area contributed by atoms with Gasteiger partial charge in [0.2, 0.25) is 0 Å². The van der Waals surface area contributed by atoms with Crippen molar-refractivity contribution in [2.24, 2.45) is 7.05 Å². The minimum Gasteiger partial charge on any atom is -0.305 e. The first-order valence-electron chi connectivity index (χ1n) is 8.93. The van der Waals surface area contributed by atoms with E-state index in [1.807, 2.05) is 6.92 Å². The van der Waals surface area contributed by atoms with Crippen LogP contribution in [0.3, 0.4) is 0 Å². The Bertz CT molecular complexity index is 1330. The lowest BCUT2D eigenvalue weighted by molar-refractivity contribution is -0.118. The van der Waals surface area contributed by atoms with E-state index in [1.165, 1.54) is 6.92 Å². The fraction of sp³-hybridized carbons (Fsp3) is 0.333. The molecule has 2 heterocycles. The number of H-pyrrole nitrogens is 1. The SMILES string of the molecule is CCC(=O)N(n1c(=O)[nH]c2cc(CC)c(-c3ccnn3C)cc2c1=O)S(C)(=O)=O. The number of nitrogens with zero attached hydrogens (tertiary/aromatic N) is 4. The number of aromatic amines is 1. The van der Waals surface area contributed by atoms with E-state index in [9.17, 15) is 22.8 Å². The molecule has 0 fully saturated rings. The molecule has 0 aliphatic rings. The van der Waals surface area contributed by atoms with Crippen LogP contribution in [0.15, 0.2) is 34.0 Å². The highest BCUT2D eigenvalue weighted by molar-refractivity contribution is 7.92. The van der Waals surface area contributed by atoms with Crippen molar-refractivity contribution < 1.29 is 13.2 Å². The number of aryl methyl sites for hydroxylation is 2. The highest BCUT2D eigenvalue weighted by atomic mass is 32.2. The minimum atomic E-state index is -4.20. The number of rotatable bonds is 5. The fourth-order valence-electron chi connectivity index (χ4n) is 3.21. The Morgan fingerprint density at radius 1 is 1.24 bits per heavy atom. The van der Waals surface area contributed by atoms with Crippen molar-refractivity contribution in [2.45, 2.75) is 26.7 Å². The fourth-order valence-corrected chi connectivity index (χ4v) is 4.16. The quantitative estimate of drug-likeness (QED) is 0.641. The van der Waals surface area contributed by atoms with Gasteiger partial charge in [0, 0.05) is 25.2 Å². The van der Waals surface area contributed by atoms with Gasteiger partial charge in [-0.1, -0.05) is 13.8 Å². The standard InChI is InChI=1S/C18H21N5O5S/c1-5-11-9-14-13(10-12(11)15-7-8-19-21(15)3)17(25)22(18(26)20-14)23(16(24)6-2)29(4,27)28/h7-10H,5-6H2,1-4H3,(H,20,26). The van der Waals surface area contributed by atoms with Crippen LogP contribution in [-0.4, -0.2) is 40.0 Å². The van der Waals surface area contributed by atoms with E-state index in [4.69, 9.17) is 0 Å². The molecule has 0 spiro atoms. The number of carbonyl (C=O) groups is 1. The Morgan fingerprint density at radius 3 is 2.45 bits per heavy atom. The van der Waals surface area contributed by atoms with Gasteiger partial charge in [0.05, 0.1) is 22.9 Å². The van der Waals surface area contributed by atoms with Gasteiger partial charge in [0.15, 0.2) is 0 Å². The maximum Gasteiger partial charge on any atom is 0.349 e. The Balaban J connectivity index is 2.42. The molecule has 11 heteroatoms. The van der Waals surface area contributed by atoms with E-state index >= 15 is 0 Å². The maximum atomic E-state index is 13.1. The maximum absolute atomic E-state index is 13.1. The third-order valence-electron chi connectivity index (χ3n) is 4.59. The van der Waals surface area contributed by atoms with Gasteiger partial charge in [-0.15, -0.1) is 9.09 Å². The average Bonchev–Trinajstić information content (AvgIpc) is 3.08. The van der Waals surface area contributed by atoms with Gasteiger partial charge in [0.25, 0.3) is 21.5 Å². The predicted octanol–water partition coefficient (Wildman–Crippen LogP) is 0.487. The van der Waals surface area contributed by atoms with Crippen molar-refractivity contribution in [1.29, 1.82) is 0 Å². The molecule has 2 aromatic heterocycles. The molecule has 1 amide bonds. The molecule has 1 N–H and O–H groups in total. The molecular weight excluding hydrogens is 398 g/mol. The summed E-state index contributed by atoms with van der Waals surface area (Å²) in [5.74, 6) is -0.892. The summed E-state index contributed by atoms with van der Waals surface area (Å²) in [7, 11) is -2.44. The largest absolute Gasteiger partial charge is 0.349 e. The second-order valence-corrected chi connectivity index (χ2v) is 8.36. The molecule has 10 nitrogen and oxygen atoms in total. The van der Waals surface area contributed by atoms with Crippen LogP contribution in [0.1, 0.15) is 25.8 Å². The number of fused-ring (bicyclic) bond motifs is 1. The van der Waals surface area contributed by atoms with Crippen molar-refractivity contribution in [3.8, 4) is 11.3 Å². The minimum absolute atomic E-state index is 0.0792. The van der Waals surface area contributed by atoms with Crippen LogP contribution in [-0.2, 0) is 28.3 Å². The van der Waals surface area contributed by atoms with E-state index < -0.39 is 27.2 Å². The van der Waals surface area contributed by atoms with E-state index in [0.29, 0.717) is 11.1 Å². The third kappa shape index (κ3) is 3.48. The Morgan fingerprint density at radius 2 is 1.93 bits per heavy atom. The molecule has 0 aliphatic heterocycles. The molecule has 3 aromatic rings. The third-order valence-corrected chi connectivity index (χ3v) is 5.58. The van der Waals surface area contributed by atoms with Gasteiger partial charge in [-0.05, 0) is 30.2 Å². The summed E-state index contributed by atoms with van der Waals surface area (Å²) in [5, 5.41) is 4.22. The van der Waals surface area contributed by atoms with Crippen LogP contribution in [0.4, 0.5) is 0 Å². The topological polar surface area (TPSA) is 127 Å². The van der Waals surface area contributed by atoms with Crippen LogP contribution >= 0.6 is 0 Å². The number of hydrogen-bond acceptors (Lipinski definition) is 6. The summed E-state index contributed by atoms with van der Waals surface area (Å²) < 4.78 is 26.5. The van der Waals surface area contributed by atoms with Crippen molar-refractivity contribution in [2.75, 3.05) is 10.7 Å². The lowest BCUT2D eigenvalue weighted by Gasteiger charge is -2.21. The van der Waals surface area contributed by atoms with Crippen molar-refractivity contribution in [3.05, 3.63) is 50.8 Å². The van der Waals surface area contributed by atoms with Crippen LogP contribution in [0, 0.1) is 0 Å². The van der Waals surface area contributed by atoms with Crippen LogP contribution < -0.4 is 15.7 Å². The zero-order chi connectivity index (χ0) is 21.5. The molecule has 0 radical (unpaired) electrons. The normalized spacial score (nSPS) is 11.7. The summed E-state index contributed by atoms with van der Waals surface area (Å²) in [6.07, 6.45) is 2.81. The highest BCUT2D eigenvalue weighted by Crippen LogP contribution is 2.26. The first kappa shape index (κ1) is 20.5. The van der Waals surface area contributed by atoms with Crippen molar-refractivity contribution in [3.63, 3.8) is 0 Å². The molecule has 0 saturated heterocycles. The van der Waals surface area contributed by atoms with E-state index in [1.54, 1.807) is 36.1 Å². The molecule has 0 saturated carbocycles. The first-order valence-corrected chi connectivity index (χ1v) is 10.8. The Labute approximate surface area is 166 Å². The molecule has 3 rings (SSSR count). The summed E-state index contributed by atoms with van der Waals surface area (Å²) in [4.78, 5) is 40.4. The number of amides is 1. The van der Waals surface area contributed by atoms with Gasteiger partial charge < -0.3 is 4.98 Å².